The van der Waals surface area contributed by atoms with Gasteiger partial charge >= 0.3 is 0 Å². The minimum Gasteiger partial charge on any atom is -0.336 e. The molecule has 8 nitrogen and oxygen atoms in total. The van der Waals surface area contributed by atoms with Gasteiger partial charge in [-0.2, -0.15) is 0 Å². The van der Waals surface area contributed by atoms with Crippen molar-refractivity contribution in [3.63, 3.8) is 0 Å². The van der Waals surface area contributed by atoms with E-state index in [1.54, 1.807) is 4.90 Å². The molecule has 25 heavy (non-hydrogen) atoms. The number of sulfone groups is 1. The summed E-state index contributed by atoms with van der Waals surface area (Å²) < 4.78 is 27.0. The molecule has 1 aromatic heterocycles. The van der Waals surface area contributed by atoms with Crippen LogP contribution >= 0.6 is 0 Å². The van der Waals surface area contributed by atoms with Gasteiger partial charge in [0.2, 0.25) is 0 Å². The summed E-state index contributed by atoms with van der Waals surface area (Å²) in [6.45, 7) is 3.32. The lowest BCUT2D eigenvalue weighted by Gasteiger charge is -2.24. The highest BCUT2D eigenvalue weighted by molar-refractivity contribution is 7.92. The van der Waals surface area contributed by atoms with Gasteiger partial charge in [0.05, 0.1) is 11.0 Å². The molecular weight excluding hydrogens is 342 g/mol. The minimum absolute atomic E-state index is 0.00594. The quantitative estimate of drug-likeness (QED) is 0.709. The second-order valence-electron chi connectivity index (χ2n) is 7.51. The summed E-state index contributed by atoms with van der Waals surface area (Å²) in [5.41, 5.74) is 0.440. The summed E-state index contributed by atoms with van der Waals surface area (Å²) in [4.78, 5) is 21.1. The fourth-order valence-electron chi connectivity index (χ4n) is 4.37. The number of rotatable bonds is 2. The van der Waals surface area contributed by atoms with Crippen LogP contribution < -0.4 is 5.32 Å². The number of likely N-dealkylation sites (tertiary alicyclic amines) is 1. The first-order valence-corrected chi connectivity index (χ1v) is 10.5. The third-order valence-corrected chi connectivity index (χ3v) is 7.98. The summed E-state index contributed by atoms with van der Waals surface area (Å²) in [6.07, 6.45) is 2.62. The fraction of sp³-hybridized carbons (Fsp3) is 0.750. The molecule has 3 aliphatic rings. The van der Waals surface area contributed by atoms with Crippen LogP contribution in [0, 0.1) is 5.92 Å². The highest BCUT2D eigenvalue weighted by Gasteiger charge is 2.53. The number of hydrogen-bond donors (Lipinski definition) is 1. The van der Waals surface area contributed by atoms with Crippen LogP contribution in [0.25, 0.3) is 0 Å². The first kappa shape index (κ1) is 17.0. The van der Waals surface area contributed by atoms with Crippen LogP contribution in [0.4, 0.5) is 0 Å². The van der Waals surface area contributed by atoms with E-state index in [1.165, 1.54) is 0 Å². The molecule has 2 saturated heterocycles. The first-order valence-electron chi connectivity index (χ1n) is 8.81. The van der Waals surface area contributed by atoms with E-state index in [1.807, 2.05) is 29.8 Å². The Bertz CT molecular complexity index is 764. The van der Waals surface area contributed by atoms with Gasteiger partial charge in [0.25, 0.3) is 5.91 Å². The van der Waals surface area contributed by atoms with Crippen LogP contribution in [0.2, 0.25) is 0 Å². The van der Waals surface area contributed by atoms with Crippen LogP contribution in [0.3, 0.4) is 0 Å². The summed E-state index contributed by atoms with van der Waals surface area (Å²) >= 11 is 0. The monoisotopic (exact) mass is 367 g/mol. The number of nitrogens with one attached hydrogen (secondary N) is 1. The standard InChI is InChI=1S/C16H25N5O3S/c1-19(2)13-10-25(23,24)14-9-21(7-11(13)14)16(22)12-8-20-6-5-17-4-3-15(20)18-12/h8,11,13-14,17H,3-7,9-10H2,1-2H3/t11-,13-,14-/m0/s1. The van der Waals surface area contributed by atoms with Crippen LogP contribution in [0.15, 0.2) is 6.20 Å². The Kier molecular flexibility index (Phi) is 4.12. The van der Waals surface area contributed by atoms with E-state index < -0.39 is 15.1 Å². The number of aromatic nitrogens is 2. The number of hydrogen-bond acceptors (Lipinski definition) is 6. The molecule has 0 unspecified atom stereocenters. The average Bonchev–Trinajstić information content (AvgIpc) is 3.18. The van der Waals surface area contributed by atoms with Crippen molar-refractivity contribution in [1.82, 2.24) is 24.7 Å². The van der Waals surface area contributed by atoms with Gasteiger partial charge in [-0.1, -0.05) is 0 Å². The Balaban J connectivity index is 1.55. The molecule has 138 valence electrons. The van der Waals surface area contributed by atoms with Crippen LogP contribution in [0.5, 0.6) is 0 Å². The maximum absolute atomic E-state index is 12.9. The van der Waals surface area contributed by atoms with Crippen molar-refractivity contribution in [3.8, 4) is 0 Å². The largest absolute Gasteiger partial charge is 0.336 e. The molecule has 0 aliphatic carbocycles. The minimum atomic E-state index is -3.14. The lowest BCUT2D eigenvalue weighted by Crippen LogP contribution is -2.38. The van der Waals surface area contributed by atoms with Crippen LogP contribution in [0.1, 0.15) is 16.3 Å². The molecule has 0 spiro atoms. The smallest absolute Gasteiger partial charge is 0.274 e. The second kappa shape index (κ2) is 6.07. The molecular formula is C16H25N5O3S. The van der Waals surface area contributed by atoms with Gasteiger partial charge in [-0.3, -0.25) is 4.79 Å². The number of imidazole rings is 1. The zero-order valence-electron chi connectivity index (χ0n) is 14.7. The summed E-state index contributed by atoms with van der Waals surface area (Å²) in [7, 11) is 0.677. The van der Waals surface area contributed by atoms with E-state index in [0.29, 0.717) is 18.8 Å². The number of carbonyl (C=O) groups excluding carboxylic acids is 1. The highest BCUT2D eigenvalue weighted by Crippen LogP contribution is 2.36. The van der Waals surface area contributed by atoms with Gasteiger partial charge in [0.15, 0.2) is 9.84 Å². The van der Waals surface area contributed by atoms with E-state index in [-0.39, 0.29) is 23.6 Å². The van der Waals surface area contributed by atoms with E-state index in [4.69, 9.17) is 0 Å². The molecule has 1 aromatic rings. The Morgan fingerprint density at radius 1 is 1.32 bits per heavy atom. The maximum Gasteiger partial charge on any atom is 0.274 e. The molecule has 9 heteroatoms. The molecule has 1 amide bonds. The third kappa shape index (κ3) is 2.88. The van der Waals surface area contributed by atoms with Crippen molar-refractivity contribution in [2.24, 2.45) is 5.92 Å². The molecule has 4 heterocycles. The number of fused-ring (bicyclic) bond motifs is 2. The topological polar surface area (TPSA) is 87.5 Å². The van der Waals surface area contributed by atoms with Crippen molar-refractivity contribution >= 4 is 15.7 Å². The molecule has 3 aliphatic heterocycles. The summed E-state index contributed by atoms with van der Waals surface area (Å²) in [5, 5.41) is 2.87. The first-order chi connectivity index (χ1) is 11.9. The van der Waals surface area contributed by atoms with E-state index in [0.717, 1.165) is 31.9 Å². The van der Waals surface area contributed by atoms with Gasteiger partial charge in [-0.05, 0) is 14.1 Å². The molecule has 0 saturated carbocycles. The zero-order valence-corrected chi connectivity index (χ0v) is 15.5. The predicted molar refractivity (Wildman–Crippen MR) is 93.2 cm³/mol. The van der Waals surface area contributed by atoms with Crippen LogP contribution in [-0.4, -0.2) is 91.0 Å². The second-order valence-corrected chi connectivity index (χ2v) is 9.77. The van der Waals surface area contributed by atoms with Crippen molar-refractivity contribution < 1.29 is 13.2 Å². The normalized spacial score (nSPS) is 31.0. The lowest BCUT2D eigenvalue weighted by atomic mass is 10.00. The molecule has 0 radical (unpaired) electrons. The molecule has 4 rings (SSSR count). The third-order valence-electron chi connectivity index (χ3n) is 5.75. The summed E-state index contributed by atoms with van der Waals surface area (Å²) in [5.74, 6) is 0.971. The van der Waals surface area contributed by atoms with Crippen molar-refractivity contribution in [1.29, 1.82) is 0 Å². The van der Waals surface area contributed by atoms with Gasteiger partial charge in [0.1, 0.15) is 11.5 Å². The highest BCUT2D eigenvalue weighted by atomic mass is 32.2. The molecule has 0 bridgehead atoms. The Morgan fingerprint density at radius 3 is 2.88 bits per heavy atom. The van der Waals surface area contributed by atoms with E-state index in [2.05, 4.69) is 10.3 Å². The van der Waals surface area contributed by atoms with E-state index in [9.17, 15) is 13.2 Å². The number of nitrogens with zero attached hydrogens (tertiary/aromatic N) is 4. The molecule has 0 aromatic carbocycles. The zero-order chi connectivity index (χ0) is 17.8. The molecule has 2 fully saturated rings. The SMILES string of the molecule is CN(C)[C@H]1CS(=O)(=O)[C@H]2CN(C(=O)c3cn4c(n3)CCNCC4)C[C@@H]12. The van der Waals surface area contributed by atoms with Crippen molar-refractivity contribution in [2.45, 2.75) is 24.3 Å². The fourth-order valence-corrected chi connectivity index (χ4v) is 6.84. The van der Waals surface area contributed by atoms with Crippen molar-refractivity contribution in [2.75, 3.05) is 46.0 Å². The molecule has 3 atom stereocenters. The summed E-state index contributed by atoms with van der Waals surface area (Å²) in [6, 6.07) is -0.0161. The maximum atomic E-state index is 12.9. The average molecular weight is 367 g/mol. The van der Waals surface area contributed by atoms with Gasteiger partial charge in [-0.15, -0.1) is 0 Å². The van der Waals surface area contributed by atoms with Gasteiger partial charge in [0, 0.05) is 57.3 Å². The van der Waals surface area contributed by atoms with Crippen LogP contribution in [-0.2, 0) is 22.8 Å². The van der Waals surface area contributed by atoms with E-state index >= 15 is 0 Å². The number of amides is 1. The Labute approximate surface area is 148 Å². The lowest BCUT2D eigenvalue weighted by molar-refractivity contribution is 0.0774. The van der Waals surface area contributed by atoms with Gasteiger partial charge < -0.3 is 19.7 Å². The Morgan fingerprint density at radius 2 is 2.12 bits per heavy atom. The number of carbonyl (C=O) groups is 1. The molecule has 1 N–H and O–H groups in total. The predicted octanol–water partition coefficient (Wildman–Crippen LogP) is -1.17. The van der Waals surface area contributed by atoms with Crippen molar-refractivity contribution in [3.05, 3.63) is 17.7 Å². The Hall–Kier alpha value is -1.45. The van der Waals surface area contributed by atoms with Gasteiger partial charge in [-0.25, -0.2) is 13.4 Å².